The molecule has 1 unspecified atom stereocenters. The van der Waals surface area contributed by atoms with Gasteiger partial charge in [-0.3, -0.25) is 0 Å². The molecule has 2 aromatic rings. The van der Waals surface area contributed by atoms with E-state index in [4.69, 9.17) is 22.1 Å². The number of H-pyrrole nitrogens is 1. The number of aromatic nitrogens is 3. The lowest BCUT2D eigenvalue weighted by molar-refractivity contribution is 0.0524. The molecule has 1 amide bonds. The molecular weight excluding hydrogens is 306 g/mol. The van der Waals surface area contributed by atoms with Crippen LogP contribution in [0.1, 0.15) is 26.3 Å². The van der Waals surface area contributed by atoms with Crippen LogP contribution in [0.25, 0.3) is 11.0 Å². The Labute approximate surface area is 133 Å². The maximum absolute atomic E-state index is 11.6. The number of alkyl carbamates (subject to hydrolysis) is 1. The highest BCUT2D eigenvalue weighted by molar-refractivity contribution is 6.34. The fourth-order valence-corrected chi connectivity index (χ4v) is 2.28. The van der Waals surface area contributed by atoms with Crippen molar-refractivity contribution in [3.05, 3.63) is 23.2 Å². The van der Waals surface area contributed by atoms with Gasteiger partial charge in [-0.15, -0.1) is 0 Å². The molecule has 8 heteroatoms. The van der Waals surface area contributed by atoms with Crippen LogP contribution in [0, 0.1) is 0 Å². The van der Waals surface area contributed by atoms with E-state index in [9.17, 15) is 4.79 Å². The molecule has 1 atom stereocenters. The minimum atomic E-state index is -0.532. The third kappa shape index (κ3) is 4.32. The molecule has 2 rings (SSSR count). The molecule has 0 aliphatic heterocycles. The van der Waals surface area contributed by atoms with Gasteiger partial charge in [0.25, 0.3) is 0 Å². The summed E-state index contributed by atoms with van der Waals surface area (Å²) >= 11 is 6.09. The van der Waals surface area contributed by atoms with Crippen LogP contribution in [-0.4, -0.2) is 39.2 Å². The van der Waals surface area contributed by atoms with Gasteiger partial charge in [-0.2, -0.15) is 0 Å². The van der Waals surface area contributed by atoms with Gasteiger partial charge in [0.05, 0.1) is 5.39 Å². The van der Waals surface area contributed by atoms with Gasteiger partial charge in [-0.25, -0.2) is 14.8 Å². The van der Waals surface area contributed by atoms with Crippen molar-refractivity contribution in [1.29, 1.82) is 0 Å². The predicted octanol–water partition coefficient (Wildman–Crippen LogP) is 2.01. The summed E-state index contributed by atoms with van der Waals surface area (Å²) in [7, 11) is 0. The highest BCUT2D eigenvalue weighted by Gasteiger charge is 2.17. The van der Waals surface area contributed by atoms with Crippen molar-refractivity contribution in [2.75, 3.05) is 6.54 Å². The Morgan fingerprint density at radius 1 is 1.50 bits per heavy atom. The van der Waals surface area contributed by atoms with Gasteiger partial charge >= 0.3 is 6.09 Å². The number of rotatable bonds is 4. The van der Waals surface area contributed by atoms with E-state index in [2.05, 4.69) is 20.3 Å². The lowest BCUT2D eigenvalue weighted by Gasteiger charge is -2.20. The van der Waals surface area contributed by atoms with Crippen LogP contribution in [0.5, 0.6) is 0 Å². The molecule has 0 aromatic carbocycles. The maximum Gasteiger partial charge on any atom is 0.407 e. The summed E-state index contributed by atoms with van der Waals surface area (Å²) in [5, 5.41) is 3.80. The first-order chi connectivity index (χ1) is 10.3. The summed E-state index contributed by atoms with van der Waals surface area (Å²) in [5.74, 6) is 0. The number of halogens is 1. The largest absolute Gasteiger partial charge is 0.444 e. The van der Waals surface area contributed by atoms with E-state index in [1.165, 1.54) is 6.33 Å². The maximum atomic E-state index is 11.6. The van der Waals surface area contributed by atoms with Crippen LogP contribution >= 0.6 is 11.6 Å². The van der Waals surface area contributed by atoms with Gasteiger partial charge in [0.15, 0.2) is 0 Å². The summed E-state index contributed by atoms with van der Waals surface area (Å²) in [6.45, 7) is 5.72. The van der Waals surface area contributed by atoms with E-state index >= 15 is 0 Å². The lowest BCUT2D eigenvalue weighted by Crippen LogP contribution is -2.41. The smallest absolute Gasteiger partial charge is 0.407 e. The topological polar surface area (TPSA) is 106 Å². The zero-order chi connectivity index (χ0) is 16.3. The van der Waals surface area contributed by atoms with Gasteiger partial charge < -0.3 is 20.8 Å². The van der Waals surface area contributed by atoms with E-state index in [-0.39, 0.29) is 6.04 Å². The number of hydrogen-bond donors (Lipinski definition) is 3. The van der Waals surface area contributed by atoms with Gasteiger partial charge in [-0.05, 0) is 32.8 Å². The first-order valence-corrected chi connectivity index (χ1v) is 7.33. The van der Waals surface area contributed by atoms with Crippen LogP contribution in [-0.2, 0) is 11.2 Å². The Bertz CT molecular complexity index is 665. The second kappa shape index (κ2) is 6.50. The standard InChI is InChI=1S/C14H20ClN5O2/c1-14(2,3)22-13(21)18-6-9(16)4-8-5-17-12-10(8)11(15)19-7-20-12/h5,7,9H,4,6,16H2,1-3H3,(H,18,21)(H,17,19,20). The van der Waals surface area contributed by atoms with E-state index in [0.717, 1.165) is 10.9 Å². The molecule has 0 spiro atoms. The van der Waals surface area contributed by atoms with E-state index < -0.39 is 11.7 Å². The normalized spacial score (nSPS) is 13.1. The summed E-state index contributed by atoms with van der Waals surface area (Å²) < 4.78 is 5.16. The number of nitrogens with zero attached hydrogens (tertiary/aromatic N) is 2. The Hall–Kier alpha value is -1.86. The predicted molar refractivity (Wildman–Crippen MR) is 84.8 cm³/mol. The van der Waals surface area contributed by atoms with Gasteiger partial charge in [0, 0.05) is 18.8 Å². The Balaban J connectivity index is 1.94. The SMILES string of the molecule is CC(C)(C)OC(=O)NCC(N)Cc1c[nH]c2ncnc(Cl)c12. The highest BCUT2D eigenvalue weighted by Crippen LogP contribution is 2.23. The van der Waals surface area contributed by atoms with Crippen molar-refractivity contribution < 1.29 is 9.53 Å². The Morgan fingerprint density at radius 2 is 2.23 bits per heavy atom. The number of amides is 1. The highest BCUT2D eigenvalue weighted by atomic mass is 35.5. The first-order valence-electron chi connectivity index (χ1n) is 6.95. The van der Waals surface area contributed by atoms with Crippen LogP contribution in [0.4, 0.5) is 4.79 Å². The molecular formula is C14H20ClN5O2. The fourth-order valence-electron chi connectivity index (χ4n) is 2.03. The third-order valence-corrected chi connectivity index (χ3v) is 3.18. The summed E-state index contributed by atoms with van der Waals surface area (Å²) in [6.07, 6.45) is 3.25. The van der Waals surface area contributed by atoms with E-state index in [1.54, 1.807) is 27.0 Å². The molecule has 22 heavy (non-hydrogen) atoms. The minimum absolute atomic E-state index is 0.275. The molecule has 7 nitrogen and oxygen atoms in total. The lowest BCUT2D eigenvalue weighted by atomic mass is 10.1. The molecule has 0 saturated carbocycles. The van der Waals surface area contributed by atoms with Crippen molar-refractivity contribution in [2.45, 2.75) is 38.8 Å². The second-order valence-electron chi connectivity index (χ2n) is 6.05. The minimum Gasteiger partial charge on any atom is -0.444 e. The Morgan fingerprint density at radius 3 is 2.91 bits per heavy atom. The van der Waals surface area contributed by atoms with Crippen LogP contribution in [0.3, 0.4) is 0 Å². The van der Waals surface area contributed by atoms with Crippen molar-refractivity contribution in [3.63, 3.8) is 0 Å². The molecule has 0 aliphatic rings. The van der Waals surface area contributed by atoms with Crippen molar-refractivity contribution in [3.8, 4) is 0 Å². The number of nitrogens with one attached hydrogen (secondary N) is 2. The van der Waals surface area contributed by atoms with Crippen molar-refractivity contribution in [2.24, 2.45) is 5.73 Å². The number of hydrogen-bond acceptors (Lipinski definition) is 5. The quantitative estimate of drug-likeness (QED) is 0.745. The number of carbonyl (C=O) groups is 1. The molecule has 0 fully saturated rings. The summed E-state index contributed by atoms with van der Waals surface area (Å²) in [4.78, 5) is 22.7. The number of nitrogens with two attached hydrogens (primary N) is 1. The summed E-state index contributed by atoms with van der Waals surface area (Å²) in [6, 6.07) is -0.275. The average Bonchev–Trinajstić information content (AvgIpc) is 2.79. The number of fused-ring (bicyclic) bond motifs is 1. The molecule has 4 N–H and O–H groups in total. The average molecular weight is 326 g/mol. The molecule has 2 heterocycles. The summed E-state index contributed by atoms with van der Waals surface area (Å²) in [5.41, 5.74) is 7.10. The van der Waals surface area contributed by atoms with Gasteiger partial charge in [0.1, 0.15) is 22.7 Å². The third-order valence-electron chi connectivity index (χ3n) is 2.89. The molecule has 0 bridgehead atoms. The van der Waals surface area contributed by atoms with Crippen molar-refractivity contribution >= 4 is 28.7 Å². The number of aromatic amines is 1. The molecule has 120 valence electrons. The van der Waals surface area contributed by atoms with Crippen molar-refractivity contribution in [1.82, 2.24) is 20.3 Å². The molecule has 0 aliphatic carbocycles. The molecule has 0 saturated heterocycles. The van der Waals surface area contributed by atoms with Crippen LogP contribution in [0.15, 0.2) is 12.5 Å². The zero-order valence-electron chi connectivity index (χ0n) is 12.8. The number of carbonyl (C=O) groups excluding carboxylic acids is 1. The fraction of sp³-hybridized carbons (Fsp3) is 0.500. The molecule has 2 aromatic heterocycles. The monoisotopic (exact) mass is 325 g/mol. The molecule has 0 radical (unpaired) electrons. The van der Waals surface area contributed by atoms with Gasteiger partial charge in [0.2, 0.25) is 0 Å². The van der Waals surface area contributed by atoms with Gasteiger partial charge in [-0.1, -0.05) is 11.6 Å². The number of ether oxygens (including phenoxy) is 1. The zero-order valence-corrected chi connectivity index (χ0v) is 13.6. The second-order valence-corrected chi connectivity index (χ2v) is 6.41. The van der Waals surface area contributed by atoms with Crippen LogP contribution < -0.4 is 11.1 Å². The van der Waals surface area contributed by atoms with E-state index in [0.29, 0.717) is 23.8 Å². The first kappa shape index (κ1) is 16.5. The van der Waals surface area contributed by atoms with E-state index in [1.807, 2.05) is 0 Å². The van der Waals surface area contributed by atoms with Crippen LogP contribution in [0.2, 0.25) is 5.15 Å². The Kier molecular flexibility index (Phi) is 4.87.